The van der Waals surface area contributed by atoms with Crippen LogP contribution in [0, 0.1) is 11.7 Å². The number of benzene rings is 2. The van der Waals surface area contributed by atoms with Crippen LogP contribution in [0.5, 0.6) is 0 Å². The molecular weight excluding hydrogens is 374 g/mol. The van der Waals surface area contributed by atoms with Crippen molar-refractivity contribution in [3.05, 3.63) is 70.0 Å². The van der Waals surface area contributed by atoms with E-state index in [1.54, 1.807) is 23.7 Å². The first-order valence-electron chi connectivity index (χ1n) is 8.78. The number of rotatable bonds is 6. The van der Waals surface area contributed by atoms with Crippen molar-refractivity contribution < 1.29 is 9.59 Å². The fourth-order valence-electron chi connectivity index (χ4n) is 2.71. The fraction of sp³-hybridized carbons (Fsp3) is 0.200. The molecule has 0 radical (unpaired) electrons. The van der Waals surface area contributed by atoms with Crippen LogP contribution in [0.2, 0.25) is 0 Å². The molecule has 7 nitrogen and oxygen atoms in total. The van der Waals surface area contributed by atoms with Crippen molar-refractivity contribution >= 4 is 24.0 Å². The van der Waals surface area contributed by atoms with Gasteiger partial charge in [0.15, 0.2) is 10.6 Å². The number of hydrogen-bond acceptors (Lipinski definition) is 4. The summed E-state index contributed by atoms with van der Waals surface area (Å²) >= 11 is 5.27. The van der Waals surface area contributed by atoms with Crippen LogP contribution in [0.4, 0.5) is 0 Å². The SMILES string of the molecule is CNC(=O)c1ccc(CNC(=O)Cn2c(-c3ccc(C)cc3)n[nH]c2=S)cc1. The van der Waals surface area contributed by atoms with E-state index in [0.29, 0.717) is 22.7 Å². The number of hydrogen-bond donors (Lipinski definition) is 3. The number of aryl methyl sites for hydroxylation is 1. The smallest absolute Gasteiger partial charge is 0.251 e. The van der Waals surface area contributed by atoms with Gasteiger partial charge in [0, 0.05) is 24.7 Å². The highest BCUT2D eigenvalue weighted by atomic mass is 32.1. The zero-order valence-corrected chi connectivity index (χ0v) is 16.5. The summed E-state index contributed by atoms with van der Waals surface area (Å²) in [7, 11) is 1.59. The van der Waals surface area contributed by atoms with Crippen LogP contribution >= 0.6 is 12.2 Å². The molecule has 3 rings (SSSR count). The summed E-state index contributed by atoms with van der Waals surface area (Å²) < 4.78 is 2.06. The van der Waals surface area contributed by atoms with E-state index in [1.165, 1.54) is 0 Å². The van der Waals surface area contributed by atoms with E-state index in [4.69, 9.17) is 12.2 Å². The van der Waals surface area contributed by atoms with E-state index in [1.807, 2.05) is 43.3 Å². The van der Waals surface area contributed by atoms with E-state index < -0.39 is 0 Å². The minimum Gasteiger partial charge on any atom is -0.355 e. The Balaban J connectivity index is 1.65. The van der Waals surface area contributed by atoms with Gasteiger partial charge in [-0.25, -0.2) is 0 Å². The number of carbonyl (C=O) groups excluding carboxylic acids is 2. The fourth-order valence-corrected chi connectivity index (χ4v) is 2.90. The second-order valence-corrected chi connectivity index (χ2v) is 6.74. The Morgan fingerprint density at radius 1 is 1.11 bits per heavy atom. The maximum atomic E-state index is 12.4. The Hall–Kier alpha value is -3.26. The Morgan fingerprint density at radius 3 is 2.43 bits per heavy atom. The molecule has 0 bridgehead atoms. The lowest BCUT2D eigenvalue weighted by atomic mass is 10.1. The number of carbonyl (C=O) groups is 2. The first-order valence-corrected chi connectivity index (χ1v) is 9.18. The summed E-state index contributed by atoms with van der Waals surface area (Å²) in [6.07, 6.45) is 0. The summed E-state index contributed by atoms with van der Waals surface area (Å²) in [4.78, 5) is 24.0. The maximum Gasteiger partial charge on any atom is 0.251 e. The molecular formula is C20H21N5O2S. The van der Waals surface area contributed by atoms with Crippen molar-refractivity contribution in [1.82, 2.24) is 25.4 Å². The van der Waals surface area contributed by atoms with Crippen molar-refractivity contribution in [1.29, 1.82) is 0 Å². The van der Waals surface area contributed by atoms with E-state index in [0.717, 1.165) is 16.7 Å². The van der Waals surface area contributed by atoms with E-state index in [2.05, 4.69) is 20.8 Å². The molecule has 2 amide bonds. The van der Waals surface area contributed by atoms with Crippen LogP contribution in [0.25, 0.3) is 11.4 Å². The zero-order valence-electron chi connectivity index (χ0n) is 15.7. The van der Waals surface area contributed by atoms with Gasteiger partial charge in [-0.3, -0.25) is 19.3 Å². The highest BCUT2D eigenvalue weighted by molar-refractivity contribution is 7.71. The first-order chi connectivity index (χ1) is 13.5. The third-order valence-corrected chi connectivity index (χ3v) is 4.61. The minimum absolute atomic E-state index is 0.0644. The van der Waals surface area contributed by atoms with Crippen molar-refractivity contribution in [3.63, 3.8) is 0 Å². The van der Waals surface area contributed by atoms with Gasteiger partial charge >= 0.3 is 0 Å². The van der Waals surface area contributed by atoms with E-state index >= 15 is 0 Å². The van der Waals surface area contributed by atoms with Gasteiger partial charge in [0.05, 0.1) is 0 Å². The van der Waals surface area contributed by atoms with Gasteiger partial charge in [-0.2, -0.15) is 5.10 Å². The Bertz CT molecular complexity index is 1040. The third-order valence-electron chi connectivity index (χ3n) is 4.30. The van der Waals surface area contributed by atoms with Crippen LogP contribution in [0.3, 0.4) is 0 Å². The minimum atomic E-state index is -0.179. The monoisotopic (exact) mass is 395 g/mol. The Kier molecular flexibility index (Phi) is 6.00. The number of nitrogens with one attached hydrogen (secondary N) is 3. The molecule has 1 aromatic heterocycles. The molecule has 0 aliphatic heterocycles. The van der Waals surface area contributed by atoms with Crippen LogP contribution in [0.1, 0.15) is 21.5 Å². The van der Waals surface area contributed by atoms with Crippen LogP contribution in [-0.2, 0) is 17.9 Å². The highest BCUT2D eigenvalue weighted by Gasteiger charge is 2.12. The summed E-state index contributed by atoms with van der Waals surface area (Å²) in [6, 6.07) is 14.9. The van der Waals surface area contributed by atoms with E-state index in [-0.39, 0.29) is 18.4 Å². The molecule has 144 valence electrons. The maximum absolute atomic E-state index is 12.4. The molecule has 28 heavy (non-hydrogen) atoms. The van der Waals surface area contributed by atoms with Gasteiger partial charge in [-0.1, -0.05) is 42.0 Å². The summed E-state index contributed by atoms with van der Waals surface area (Å²) in [5.74, 6) is 0.296. The quantitative estimate of drug-likeness (QED) is 0.560. The van der Waals surface area contributed by atoms with Crippen molar-refractivity contribution in [2.24, 2.45) is 0 Å². The van der Waals surface area contributed by atoms with Gasteiger partial charge in [0.2, 0.25) is 5.91 Å². The standard InChI is InChI=1S/C20H21N5O2S/c1-13-3-7-15(8-4-13)18-23-24-20(28)25(18)12-17(26)22-11-14-5-9-16(10-6-14)19(27)21-2/h3-10H,11-12H2,1-2H3,(H,21,27)(H,22,26)(H,24,28). The van der Waals surface area contributed by atoms with E-state index in [9.17, 15) is 9.59 Å². The zero-order chi connectivity index (χ0) is 20.1. The number of aromatic nitrogens is 3. The Labute approximate surface area is 167 Å². The predicted octanol–water partition coefficient (Wildman–Crippen LogP) is 2.59. The molecule has 3 aromatic rings. The largest absolute Gasteiger partial charge is 0.355 e. The first kappa shape index (κ1) is 19.5. The average Bonchev–Trinajstić information content (AvgIpc) is 3.07. The lowest BCUT2D eigenvalue weighted by Crippen LogP contribution is -2.27. The van der Waals surface area contributed by atoms with Crippen LogP contribution in [0.15, 0.2) is 48.5 Å². The summed E-state index contributed by atoms with van der Waals surface area (Å²) in [6.45, 7) is 2.43. The topological polar surface area (TPSA) is 91.8 Å². The van der Waals surface area contributed by atoms with Gasteiger partial charge in [-0.05, 0) is 36.8 Å². The molecule has 0 aliphatic rings. The number of nitrogens with zero attached hydrogens (tertiary/aromatic N) is 2. The van der Waals surface area contributed by atoms with Crippen LogP contribution < -0.4 is 10.6 Å². The van der Waals surface area contributed by atoms with Gasteiger partial charge in [0.1, 0.15) is 6.54 Å². The molecule has 1 heterocycles. The normalized spacial score (nSPS) is 10.5. The molecule has 8 heteroatoms. The molecule has 0 saturated carbocycles. The van der Waals surface area contributed by atoms with Gasteiger partial charge in [0.25, 0.3) is 5.91 Å². The van der Waals surface area contributed by atoms with Crippen molar-refractivity contribution in [2.75, 3.05) is 7.05 Å². The average molecular weight is 395 g/mol. The van der Waals surface area contributed by atoms with Crippen LogP contribution in [-0.4, -0.2) is 33.6 Å². The lowest BCUT2D eigenvalue weighted by molar-refractivity contribution is -0.121. The number of H-pyrrole nitrogens is 1. The molecule has 0 spiro atoms. The summed E-state index contributed by atoms with van der Waals surface area (Å²) in [5.41, 5.74) is 3.50. The van der Waals surface area contributed by atoms with Gasteiger partial charge < -0.3 is 10.6 Å². The van der Waals surface area contributed by atoms with Gasteiger partial charge in [-0.15, -0.1) is 0 Å². The number of aromatic amines is 1. The second kappa shape index (κ2) is 8.62. The molecule has 0 saturated heterocycles. The molecule has 0 unspecified atom stereocenters. The molecule has 3 N–H and O–H groups in total. The third kappa shape index (κ3) is 4.52. The molecule has 0 aliphatic carbocycles. The lowest BCUT2D eigenvalue weighted by Gasteiger charge is -2.09. The molecule has 2 aromatic carbocycles. The van der Waals surface area contributed by atoms with Crippen molar-refractivity contribution in [3.8, 4) is 11.4 Å². The Morgan fingerprint density at radius 2 is 1.79 bits per heavy atom. The number of amides is 2. The van der Waals surface area contributed by atoms with Crippen molar-refractivity contribution in [2.45, 2.75) is 20.0 Å². The molecule has 0 fully saturated rings. The molecule has 0 atom stereocenters. The highest BCUT2D eigenvalue weighted by Crippen LogP contribution is 2.17. The second-order valence-electron chi connectivity index (χ2n) is 6.36. The predicted molar refractivity (Wildman–Crippen MR) is 109 cm³/mol. The summed E-state index contributed by atoms with van der Waals surface area (Å²) in [5, 5.41) is 12.4.